The van der Waals surface area contributed by atoms with Crippen LogP contribution >= 0.6 is 22.9 Å². The van der Waals surface area contributed by atoms with E-state index in [9.17, 15) is 5.11 Å². The molecule has 1 unspecified atom stereocenters. The van der Waals surface area contributed by atoms with Gasteiger partial charge in [-0.25, -0.2) is 0 Å². The van der Waals surface area contributed by atoms with Crippen molar-refractivity contribution in [2.75, 3.05) is 0 Å². The molecule has 0 amide bonds. The summed E-state index contributed by atoms with van der Waals surface area (Å²) < 4.78 is 0. The summed E-state index contributed by atoms with van der Waals surface area (Å²) in [6.45, 7) is 0. The maximum atomic E-state index is 10.2. The lowest BCUT2D eigenvalue weighted by molar-refractivity contribution is 0.214. The highest BCUT2D eigenvalue weighted by Gasteiger charge is 2.18. The number of allylic oxidation sites excluding steroid dienone is 1. The highest BCUT2D eigenvalue weighted by Crippen LogP contribution is 2.35. The topological polar surface area (TPSA) is 20.2 Å². The zero-order chi connectivity index (χ0) is 10.7. The first-order valence-electron chi connectivity index (χ1n) is 5.39. The first-order valence-corrected chi connectivity index (χ1v) is 6.64. The molecule has 0 aromatic carbocycles. The Bertz CT molecular complexity index is 356. The molecule has 0 saturated carbocycles. The van der Waals surface area contributed by atoms with Gasteiger partial charge in [0.1, 0.15) is 6.10 Å². The van der Waals surface area contributed by atoms with E-state index in [0.29, 0.717) is 5.02 Å². The van der Waals surface area contributed by atoms with Crippen LogP contribution in [0.4, 0.5) is 0 Å². The molecule has 0 bridgehead atoms. The smallest absolute Gasteiger partial charge is 0.111 e. The third kappa shape index (κ3) is 2.63. The summed E-state index contributed by atoms with van der Waals surface area (Å²) in [4.78, 5) is 0.893. The molecular weight excluding hydrogens is 228 g/mol. The minimum atomic E-state index is -0.476. The van der Waals surface area contributed by atoms with Gasteiger partial charge in [0, 0.05) is 0 Å². The van der Waals surface area contributed by atoms with Crippen LogP contribution in [0, 0.1) is 0 Å². The highest BCUT2D eigenvalue weighted by molar-refractivity contribution is 7.10. The molecule has 0 spiro atoms. The number of aliphatic hydroxyl groups excluding tert-OH is 1. The third-order valence-electron chi connectivity index (χ3n) is 2.82. The van der Waals surface area contributed by atoms with E-state index in [-0.39, 0.29) is 0 Å². The average Bonchev–Trinajstić information content (AvgIpc) is 2.53. The van der Waals surface area contributed by atoms with E-state index in [1.54, 1.807) is 0 Å². The van der Waals surface area contributed by atoms with Gasteiger partial charge in [0.25, 0.3) is 0 Å². The van der Waals surface area contributed by atoms with Crippen molar-refractivity contribution in [3.8, 4) is 0 Å². The number of thiophene rings is 1. The van der Waals surface area contributed by atoms with Crippen LogP contribution in [0.5, 0.6) is 0 Å². The first-order chi connectivity index (χ1) is 7.29. The second-order valence-electron chi connectivity index (χ2n) is 3.91. The fraction of sp³-hybridized carbons (Fsp3) is 0.500. The molecule has 0 radical (unpaired) electrons. The second-order valence-corrected chi connectivity index (χ2v) is 5.27. The summed E-state index contributed by atoms with van der Waals surface area (Å²) >= 11 is 7.55. The molecule has 0 aliphatic heterocycles. The molecular formula is C12H15ClOS. The Morgan fingerprint density at radius 3 is 2.93 bits per heavy atom. The normalized spacial score (nSPS) is 19.5. The third-order valence-corrected chi connectivity index (χ3v) is 4.23. The van der Waals surface area contributed by atoms with Gasteiger partial charge >= 0.3 is 0 Å². The molecule has 3 heteroatoms. The van der Waals surface area contributed by atoms with Crippen LogP contribution in [0.1, 0.15) is 43.1 Å². The SMILES string of the molecule is OC(C1=CCCCCC1)c1sccc1Cl. The summed E-state index contributed by atoms with van der Waals surface area (Å²) in [5, 5.41) is 12.8. The van der Waals surface area contributed by atoms with Crippen LogP contribution in [0.25, 0.3) is 0 Å². The molecule has 15 heavy (non-hydrogen) atoms. The Morgan fingerprint density at radius 1 is 1.33 bits per heavy atom. The molecule has 2 rings (SSSR count). The van der Waals surface area contributed by atoms with Crippen molar-refractivity contribution in [2.45, 2.75) is 38.2 Å². The maximum Gasteiger partial charge on any atom is 0.111 e. The fourth-order valence-corrected chi connectivity index (χ4v) is 3.14. The van der Waals surface area contributed by atoms with Gasteiger partial charge in [0.2, 0.25) is 0 Å². The van der Waals surface area contributed by atoms with Crippen LogP contribution < -0.4 is 0 Å². The van der Waals surface area contributed by atoms with Gasteiger partial charge in [0.15, 0.2) is 0 Å². The Labute approximate surface area is 99.4 Å². The van der Waals surface area contributed by atoms with Crippen LogP contribution in [-0.4, -0.2) is 5.11 Å². The van der Waals surface area contributed by atoms with Gasteiger partial charge in [-0.1, -0.05) is 24.1 Å². The number of aliphatic hydroxyl groups is 1. The van der Waals surface area contributed by atoms with E-state index >= 15 is 0 Å². The number of hydrogen-bond acceptors (Lipinski definition) is 2. The predicted molar refractivity (Wildman–Crippen MR) is 65.5 cm³/mol. The number of rotatable bonds is 2. The number of hydrogen-bond donors (Lipinski definition) is 1. The second kappa shape index (κ2) is 5.15. The molecule has 0 fully saturated rings. The molecule has 1 aromatic heterocycles. The van der Waals surface area contributed by atoms with Crippen LogP contribution in [0.2, 0.25) is 5.02 Å². The Kier molecular flexibility index (Phi) is 3.84. The van der Waals surface area contributed by atoms with Crippen LogP contribution in [-0.2, 0) is 0 Å². The van der Waals surface area contributed by atoms with Crippen molar-refractivity contribution in [1.82, 2.24) is 0 Å². The Morgan fingerprint density at radius 2 is 2.20 bits per heavy atom. The van der Waals surface area contributed by atoms with Crippen LogP contribution in [0.15, 0.2) is 23.1 Å². The fourth-order valence-electron chi connectivity index (χ4n) is 1.96. The van der Waals surface area contributed by atoms with Crippen molar-refractivity contribution in [3.05, 3.63) is 33.0 Å². The first kappa shape index (κ1) is 11.2. The lowest BCUT2D eigenvalue weighted by atomic mass is 10.0. The lowest BCUT2D eigenvalue weighted by Crippen LogP contribution is -1.99. The Hall–Kier alpha value is -0.310. The monoisotopic (exact) mass is 242 g/mol. The van der Waals surface area contributed by atoms with E-state index in [0.717, 1.165) is 23.3 Å². The minimum Gasteiger partial charge on any atom is -0.383 e. The quantitative estimate of drug-likeness (QED) is 0.766. The zero-order valence-electron chi connectivity index (χ0n) is 8.58. The molecule has 1 aromatic rings. The van der Waals surface area contributed by atoms with E-state index in [2.05, 4.69) is 6.08 Å². The molecule has 1 aliphatic rings. The summed E-state index contributed by atoms with van der Waals surface area (Å²) in [7, 11) is 0. The minimum absolute atomic E-state index is 0.476. The molecule has 1 N–H and O–H groups in total. The molecule has 0 saturated heterocycles. The standard InChI is InChI=1S/C12H15ClOS/c13-10-7-8-15-12(10)11(14)9-5-3-1-2-4-6-9/h5,7-8,11,14H,1-4,6H2. The summed E-state index contributed by atoms with van der Waals surface area (Å²) in [6.07, 6.45) is 7.51. The molecule has 1 nitrogen and oxygen atoms in total. The van der Waals surface area contributed by atoms with Gasteiger partial charge in [0.05, 0.1) is 9.90 Å². The van der Waals surface area contributed by atoms with Gasteiger partial charge < -0.3 is 5.11 Å². The van der Waals surface area contributed by atoms with Gasteiger partial charge in [-0.05, 0) is 42.7 Å². The van der Waals surface area contributed by atoms with E-state index < -0.39 is 6.10 Å². The summed E-state index contributed by atoms with van der Waals surface area (Å²) in [6, 6.07) is 1.85. The average molecular weight is 243 g/mol. The van der Waals surface area contributed by atoms with Gasteiger partial charge in [-0.15, -0.1) is 11.3 Å². The number of halogens is 1. The largest absolute Gasteiger partial charge is 0.383 e. The maximum absolute atomic E-state index is 10.2. The highest BCUT2D eigenvalue weighted by atomic mass is 35.5. The van der Waals surface area contributed by atoms with Crippen molar-refractivity contribution in [1.29, 1.82) is 0 Å². The molecule has 1 atom stereocenters. The van der Waals surface area contributed by atoms with Gasteiger partial charge in [-0.3, -0.25) is 0 Å². The zero-order valence-corrected chi connectivity index (χ0v) is 10.2. The van der Waals surface area contributed by atoms with Crippen molar-refractivity contribution < 1.29 is 5.11 Å². The Balaban J connectivity index is 2.16. The van der Waals surface area contributed by atoms with Crippen molar-refractivity contribution in [2.24, 2.45) is 0 Å². The molecule has 1 heterocycles. The van der Waals surface area contributed by atoms with Gasteiger partial charge in [-0.2, -0.15) is 0 Å². The summed E-state index contributed by atoms with van der Waals surface area (Å²) in [5.41, 5.74) is 1.15. The lowest BCUT2D eigenvalue weighted by Gasteiger charge is -2.13. The van der Waals surface area contributed by atoms with Crippen LogP contribution in [0.3, 0.4) is 0 Å². The van der Waals surface area contributed by atoms with Crippen molar-refractivity contribution >= 4 is 22.9 Å². The predicted octanol–water partition coefficient (Wildman–Crippen LogP) is 4.33. The molecule has 1 aliphatic carbocycles. The van der Waals surface area contributed by atoms with E-state index in [1.165, 1.54) is 30.6 Å². The van der Waals surface area contributed by atoms with E-state index in [4.69, 9.17) is 11.6 Å². The van der Waals surface area contributed by atoms with E-state index in [1.807, 2.05) is 11.4 Å². The van der Waals surface area contributed by atoms with Crippen molar-refractivity contribution in [3.63, 3.8) is 0 Å². The molecule has 82 valence electrons. The summed E-state index contributed by atoms with van der Waals surface area (Å²) in [5.74, 6) is 0.